The van der Waals surface area contributed by atoms with Crippen molar-refractivity contribution in [1.29, 1.82) is 0 Å². The summed E-state index contributed by atoms with van der Waals surface area (Å²) in [6.07, 6.45) is 2.69. The van der Waals surface area contributed by atoms with Crippen molar-refractivity contribution < 1.29 is 4.79 Å². The van der Waals surface area contributed by atoms with Crippen LogP contribution in [0, 0.1) is 0 Å². The van der Waals surface area contributed by atoms with Gasteiger partial charge in [-0.1, -0.05) is 37.3 Å². The molecule has 1 amide bonds. The van der Waals surface area contributed by atoms with Crippen LogP contribution in [0.2, 0.25) is 0 Å². The summed E-state index contributed by atoms with van der Waals surface area (Å²) in [5.41, 5.74) is 0. The minimum atomic E-state index is -0.193. The van der Waals surface area contributed by atoms with Crippen molar-refractivity contribution in [2.75, 3.05) is 5.32 Å². The minimum Gasteiger partial charge on any atom is -0.310 e. The van der Waals surface area contributed by atoms with Crippen LogP contribution in [0.3, 0.4) is 0 Å². The Hall–Kier alpha value is -2.27. The lowest BCUT2D eigenvalue weighted by atomic mass is 10.1. The van der Waals surface area contributed by atoms with Crippen molar-refractivity contribution in [3.05, 3.63) is 54.7 Å². The highest BCUT2D eigenvalue weighted by atomic mass is 32.2. The lowest BCUT2D eigenvalue weighted by Crippen LogP contribution is -2.24. The zero-order valence-corrected chi connectivity index (χ0v) is 15.6. The van der Waals surface area contributed by atoms with E-state index in [1.807, 2.05) is 29.8 Å². The number of amides is 1. The predicted molar refractivity (Wildman–Crippen MR) is 105 cm³/mol. The molecule has 25 heavy (non-hydrogen) atoms. The Morgan fingerprint density at radius 2 is 1.92 bits per heavy atom. The summed E-state index contributed by atoms with van der Waals surface area (Å²) in [6.45, 7) is 6.13. The Morgan fingerprint density at radius 1 is 1.16 bits per heavy atom. The summed E-state index contributed by atoms with van der Waals surface area (Å²) in [7, 11) is 0. The second-order valence-electron chi connectivity index (χ2n) is 6.18. The van der Waals surface area contributed by atoms with Crippen molar-refractivity contribution in [2.24, 2.45) is 0 Å². The topological polar surface area (TPSA) is 46.9 Å². The molecule has 3 rings (SSSR count). The third-order valence-corrected chi connectivity index (χ3v) is 5.43. The first-order chi connectivity index (χ1) is 12.1. The van der Waals surface area contributed by atoms with Crippen LogP contribution in [0.25, 0.3) is 10.8 Å². The Labute approximate surface area is 152 Å². The Bertz CT molecular complexity index is 874. The highest BCUT2D eigenvalue weighted by molar-refractivity contribution is 8.00. The monoisotopic (exact) mass is 353 g/mol. The zero-order valence-electron chi connectivity index (χ0n) is 14.8. The maximum atomic E-state index is 12.6. The molecule has 5 heteroatoms. The summed E-state index contributed by atoms with van der Waals surface area (Å²) in [4.78, 5) is 13.7. The predicted octanol–water partition coefficient (Wildman–Crippen LogP) is 5.13. The van der Waals surface area contributed by atoms with E-state index in [4.69, 9.17) is 0 Å². The Kier molecular flexibility index (Phi) is 5.43. The third kappa shape index (κ3) is 4.04. The molecule has 4 nitrogen and oxygen atoms in total. The van der Waals surface area contributed by atoms with Gasteiger partial charge < -0.3 is 5.32 Å². The van der Waals surface area contributed by atoms with E-state index in [2.05, 4.69) is 54.6 Å². The highest BCUT2D eigenvalue weighted by Crippen LogP contribution is 2.28. The molecular weight excluding hydrogens is 330 g/mol. The Morgan fingerprint density at radius 3 is 2.68 bits per heavy atom. The average molecular weight is 353 g/mol. The molecular formula is C20H23N3OS. The van der Waals surface area contributed by atoms with Gasteiger partial charge in [0.25, 0.3) is 0 Å². The second kappa shape index (κ2) is 7.74. The van der Waals surface area contributed by atoms with Crippen LogP contribution < -0.4 is 5.32 Å². The van der Waals surface area contributed by atoms with Gasteiger partial charge in [0.2, 0.25) is 5.91 Å². The van der Waals surface area contributed by atoms with Gasteiger partial charge in [0, 0.05) is 11.0 Å². The lowest BCUT2D eigenvalue weighted by molar-refractivity contribution is -0.115. The van der Waals surface area contributed by atoms with Crippen LogP contribution in [-0.2, 0) is 4.79 Å². The summed E-state index contributed by atoms with van der Waals surface area (Å²) in [5, 5.41) is 9.52. The molecule has 130 valence electrons. The SMILES string of the molecule is CC[C@@H](C)n1nccc1NC(=O)[C@H](C)Sc1ccc2ccccc2c1. The van der Waals surface area contributed by atoms with E-state index in [1.165, 1.54) is 10.8 Å². The maximum absolute atomic E-state index is 12.6. The van der Waals surface area contributed by atoms with Crippen molar-refractivity contribution in [3.8, 4) is 0 Å². The second-order valence-corrected chi connectivity index (χ2v) is 7.59. The summed E-state index contributed by atoms with van der Waals surface area (Å²) in [5.74, 6) is 0.744. The van der Waals surface area contributed by atoms with E-state index in [0.717, 1.165) is 17.1 Å². The molecule has 2 aromatic carbocycles. The first kappa shape index (κ1) is 17.5. The number of nitrogens with one attached hydrogen (secondary N) is 1. The van der Waals surface area contributed by atoms with Gasteiger partial charge >= 0.3 is 0 Å². The molecule has 1 N–H and O–H groups in total. The molecule has 0 saturated carbocycles. The number of hydrogen-bond donors (Lipinski definition) is 1. The third-order valence-electron chi connectivity index (χ3n) is 4.33. The van der Waals surface area contributed by atoms with Crippen molar-refractivity contribution >= 4 is 34.3 Å². The van der Waals surface area contributed by atoms with Crippen LogP contribution >= 0.6 is 11.8 Å². The Balaban J connectivity index is 1.69. The summed E-state index contributed by atoms with van der Waals surface area (Å²) < 4.78 is 1.87. The molecule has 0 bridgehead atoms. The van der Waals surface area contributed by atoms with Gasteiger partial charge in [0.15, 0.2) is 0 Å². The van der Waals surface area contributed by atoms with Crippen molar-refractivity contribution in [1.82, 2.24) is 9.78 Å². The highest BCUT2D eigenvalue weighted by Gasteiger charge is 2.17. The number of rotatable bonds is 6. The molecule has 0 unspecified atom stereocenters. The van der Waals surface area contributed by atoms with Crippen LogP contribution in [0.1, 0.15) is 33.2 Å². The molecule has 1 heterocycles. The number of thioether (sulfide) groups is 1. The molecule has 0 radical (unpaired) electrons. The van der Waals surface area contributed by atoms with Crippen LogP contribution in [0.15, 0.2) is 59.6 Å². The van der Waals surface area contributed by atoms with Crippen LogP contribution in [0.5, 0.6) is 0 Å². The molecule has 0 aliphatic heterocycles. The van der Waals surface area contributed by atoms with Crippen molar-refractivity contribution in [2.45, 2.75) is 43.4 Å². The number of hydrogen-bond acceptors (Lipinski definition) is 3. The number of carbonyl (C=O) groups is 1. The number of fused-ring (bicyclic) bond motifs is 1. The smallest absolute Gasteiger partial charge is 0.238 e. The van der Waals surface area contributed by atoms with E-state index in [-0.39, 0.29) is 17.2 Å². The molecule has 1 aromatic heterocycles. The molecule has 2 atom stereocenters. The van der Waals surface area contributed by atoms with Gasteiger partial charge in [0.1, 0.15) is 5.82 Å². The summed E-state index contributed by atoms with van der Waals surface area (Å²) in [6, 6.07) is 16.7. The van der Waals surface area contributed by atoms with Crippen LogP contribution in [-0.4, -0.2) is 20.9 Å². The fraction of sp³-hybridized carbons (Fsp3) is 0.300. The zero-order chi connectivity index (χ0) is 17.8. The van der Waals surface area contributed by atoms with Gasteiger partial charge in [-0.3, -0.25) is 4.79 Å². The fourth-order valence-corrected chi connectivity index (χ4v) is 3.58. The number of nitrogens with zero attached hydrogens (tertiary/aromatic N) is 2. The summed E-state index contributed by atoms with van der Waals surface area (Å²) >= 11 is 1.57. The van der Waals surface area contributed by atoms with E-state index in [9.17, 15) is 4.79 Å². The normalized spacial score (nSPS) is 13.6. The molecule has 0 aliphatic carbocycles. The van der Waals surface area contributed by atoms with E-state index >= 15 is 0 Å². The first-order valence-corrected chi connectivity index (χ1v) is 9.46. The van der Waals surface area contributed by atoms with E-state index in [1.54, 1.807) is 18.0 Å². The fourth-order valence-electron chi connectivity index (χ4n) is 2.66. The van der Waals surface area contributed by atoms with Gasteiger partial charge in [-0.2, -0.15) is 5.10 Å². The number of aromatic nitrogens is 2. The van der Waals surface area contributed by atoms with E-state index < -0.39 is 0 Å². The maximum Gasteiger partial charge on any atom is 0.238 e. The standard InChI is InChI=1S/C20H23N3OS/c1-4-14(2)23-19(11-12-21-23)22-20(24)15(3)25-18-10-9-16-7-5-6-8-17(16)13-18/h5-15H,4H2,1-3H3,(H,22,24)/t14-,15+/m1/s1. The van der Waals surface area contributed by atoms with Crippen LogP contribution in [0.4, 0.5) is 5.82 Å². The molecule has 3 aromatic rings. The molecule has 0 spiro atoms. The molecule has 0 aliphatic rings. The molecule has 0 fully saturated rings. The van der Waals surface area contributed by atoms with Gasteiger partial charge in [-0.15, -0.1) is 11.8 Å². The lowest BCUT2D eigenvalue weighted by Gasteiger charge is -2.16. The number of anilines is 1. The van der Waals surface area contributed by atoms with Crippen molar-refractivity contribution in [3.63, 3.8) is 0 Å². The van der Waals surface area contributed by atoms with Gasteiger partial charge in [-0.05, 0) is 43.2 Å². The first-order valence-electron chi connectivity index (χ1n) is 8.58. The van der Waals surface area contributed by atoms with E-state index in [0.29, 0.717) is 0 Å². The average Bonchev–Trinajstić information content (AvgIpc) is 3.09. The number of benzene rings is 2. The van der Waals surface area contributed by atoms with Gasteiger partial charge in [0.05, 0.1) is 17.5 Å². The largest absolute Gasteiger partial charge is 0.310 e. The quantitative estimate of drug-likeness (QED) is 0.625. The number of carbonyl (C=O) groups excluding carboxylic acids is 1. The minimum absolute atomic E-state index is 0.0109. The molecule has 0 saturated heterocycles. The van der Waals surface area contributed by atoms with Gasteiger partial charge in [-0.25, -0.2) is 4.68 Å².